The van der Waals surface area contributed by atoms with E-state index in [0.717, 1.165) is 5.56 Å². The van der Waals surface area contributed by atoms with E-state index in [1.165, 1.54) is 17.0 Å². The largest absolute Gasteiger partial charge is 0.337 e. The highest BCUT2D eigenvalue weighted by Crippen LogP contribution is 2.30. The third-order valence-electron chi connectivity index (χ3n) is 4.45. The van der Waals surface area contributed by atoms with Crippen molar-refractivity contribution >= 4 is 21.8 Å². The molecule has 0 fully saturated rings. The molecule has 130 valence electrons. The van der Waals surface area contributed by atoms with Gasteiger partial charge in [-0.05, 0) is 24.6 Å². The second-order valence-electron chi connectivity index (χ2n) is 5.90. The molecule has 0 radical (unpaired) electrons. The fourth-order valence-corrected chi connectivity index (χ4v) is 4.31. The van der Waals surface area contributed by atoms with Gasteiger partial charge in [0.05, 0.1) is 11.6 Å². The number of rotatable bonds is 4. The van der Waals surface area contributed by atoms with Crippen LogP contribution in [0.25, 0.3) is 0 Å². The molecule has 2 amide bonds. The Morgan fingerprint density at radius 1 is 1.08 bits per heavy atom. The van der Waals surface area contributed by atoms with Crippen LogP contribution in [0.2, 0.25) is 0 Å². The minimum Gasteiger partial charge on any atom is -0.337 e. The second-order valence-corrected chi connectivity index (χ2v) is 7.74. The molecule has 0 saturated carbocycles. The van der Waals surface area contributed by atoms with Gasteiger partial charge in [0, 0.05) is 7.05 Å². The molecular weight excluding hydrogens is 340 g/mol. The van der Waals surface area contributed by atoms with Crippen LogP contribution in [0, 0.1) is 0 Å². The average molecular weight is 358 g/mol. The van der Waals surface area contributed by atoms with E-state index >= 15 is 0 Å². The Balaban J connectivity index is 1.81. The lowest BCUT2D eigenvalue weighted by molar-refractivity contribution is -0.131. The normalized spacial score (nSPS) is 16.4. The molecule has 0 aliphatic carbocycles. The number of fused-ring (bicyclic) bond motifs is 1. The van der Waals surface area contributed by atoms with Crippen molar-refractivity contribution in [3.63, 3.8) is 0 Å². The van der Waals surface area contributed by atoms with Crippen LogP contribution in [-0.2, 0) is 14.8 Å². The lowest BCUT2D eigenvalue weighted by Crippen LogP contribution is -2.42. The molecular formula is C18H18N2O4S. The van der Waals surface area contributed by atoms with Gasteiger partial charge in [-0.1, -0.05) is 42.5 Å². The zero-order chi connectivity index (χ0) is 18.2. The van der Waals surface area contributed by atoms with E-state index in [1.54, 1.807) is 19.2 Å². The van der Waals surface area contributed by atoms with E-state index < -0.39 is 28.4 Å². The van der Waals surface area contributed by atoms with Crippen LogP contribution in [0.1, 0.15) is 28.9 Å². The van der Waals surface area contributed by atoms with Gasteiger partial charge < -0.3 is 4.90 Å². The number of amides is 2. The van der Waals surface area contributed by atoms with Gasteiger partial charge in [-0.2, -0.15) is 0 Å². The average Bonchev–Trinajstić information content (AvgIpc) is 2.82. The Bertz CT molecular complexity index is 925. The smallest absolute Gasteiger partial charge is 0.269 e. The Morgan fingerprint density at radius 2 is 1.68 bits per heavy atom. The van der Waals surface area contributed by atoms with E-state index in [-0.39, 0.29) is 16.5 Å². The molecule has 1 heterocycles. The monoisotopic (exact) mass is 358 g/mol. The van der Waals surface area contributed by atoms with E-state index in [2.05, 4.69) is 0 Å². The minimum absolute atomic E-state index is 0.0495. The van der Waals surface area contributed by atoms with Crippen LogP contribution >= 0.6 is 0 Å². The summed E-state index contributed by atoms with van der Waals surface area (Å²) in [6.45, 7) is 1.34. The predicted molar refractivity (Wildman–Crippen MR) is 92.3 cm³/mol. The summed E-state index contributed by atoms with van der Waals surface area (Å²) in [7, 11) is -2.38. The maximum atomic E-state index is 12.6. The number of likely N-dealkylation sites (N-methyl/N-ethyl adjacent to an activating group) is 1. The summed E-state index contributed by atoms with van der Waals surface area (Å²) in [6, 6.07) is 15.1. The highest BCUT2D eigenvalue weighted by Gasteiger charge is 2.42. The summed E-state index contributed by atoms with van der Waals surface area (Å²) in [5.74, 6) is -1.11. The summed E-state index contributed by atoms with van der Waals surface area (Å²) in [6.07, 6.45) is 0. The minimum atomic E-state index is -3.98. The summed E-state index contributed by atoms with van der Waals surface area (Å²) in [5.41, 5.74) is 1.03. The van der Waals surface area contributed by atoms with Crippen LogP contribution in [0.15, 0.2) is 59.5 Å². The number of carbonyl (C=O) groups excluding carboxylic acids is 2. The number of sulfonamides is 1. The molecule has 0 N–H and O–H groups in total. The van der Waals surface area contributed by atoms with Crippen LogP contribution in [0.5, 0.6) is 0 Å². The van der Waals surface area contributed by atoms with Crippen molar-refractivity contribution in [2.75, 3.05) is 13.6 Å². The van der Waals surface area contributed by atoms with Crippen LogP contribution in [0.3, 0.4) is 0 Å². The van der Waals surface area contributed by atoms with Crippen LogP contribution in [0.4, 0.5) is 0 Å². The predicted octanol–water partition coefficient (Wildman–Crippen LogP) is 2.05. The summed E-state index contributed by atoms with van der Waals surface area (Å²) in [4.78, 5) is 26.3. The molecule has 3 rings (SSSR count). The first-order chi connectivity index (χ1) is 11.8. The van der Waals surface area contributed by atoms with E-state index in [4.69, 9.17) is 0 Å². The van der Waals surface area contributed by atoms with Crippen molar-refractivity contribution in [1.29, 1.82) is 0 Å². The highest BCUT2D eigenvalue weighted by molar-refractivity contribution is 7.90. The third-order valence-corrected chi connectivity index (χ3v) is 6.23. The van der Waals surface area contributed by atoms with Crippen molar-refractivity contribution in [3.8, 4) is 0 Å². The number of hydrogen-bond donors (Lipinski definition) is 0. The van der Waals surface area contributed by atoms with E-state index in [1.807, 2.05) is 37.3 Å². The van der Waals surface area contributed by atoms with E-state index in [9.17, 15) is 18.0 Å². The lowest BCUT2D eigenvalue weighted by atomic mass is 10.1. The fraction of sp³-hybridized carbons (Fsp3) is 0.222. The molecule has 1 unspecified atom stereocenters. The van der Waals surface area contributed by atoms with Gasteiger partial charge in [-0.15, -0.1) is 0 Å². The molecule has 6 nitrogen and oxygen atoms in total. The number of hydrogen-bond acceptors (Lipinski definition) is 4. The van der Waals surface area contributed by atoms with Crippen LogP contribution in [-0.4, -0.2) is 43.0 Å². The third kappa shape index (κ3) is 2.91. The Morgan fingerprint density at radius 3 is 2.32 bits per heavy atom. The number of benzene rings is 2. The maximum absolute atomic E-state index is 12.6. The van der Waals surface area contributed by atoms with Crippen molar-refractivity contribution in [2.24, 2.45) is 0 Å². The van der Waals surface area contributed by atoms with Crippen molar-refractivity contribution in [2.45, 2.75) is 17.9 Å². The quantitative estimate of drug-likeness (QED) is 0.838. The summed E-state index contributed by atoms with van der Waals surface area (Å²) >= 11 is 0. The van der Waals surface area contributed by atoms with Crippen molar-refractivity contribution < 1.29 is 18.0 Å². The SMILES string of the molecule is CC(c1ccccc1)N(C)C(=O)CN1C(=O)c2ccccc2S1(=O)=O. The molecule has 0 saturated heterocycles. The molecule has 1 atom stereocenters. The first kappa shape index (κ1) is 17.2. The first-order valence-electron chi connectivity index (χ1n) is 7.80. The van der Waals surface area contributed by atoms with Gasteiger partial charge in [0.25, 0.3) is 15.9 Å². The highest BCUT2D eigenvalue weighted by atomic mass is 32.2. The molecule has 0 bridgehead atoms. The number of nitrogens with zero attached hydrogens (tertiary/aromatic N) is 2. The maximum Gasteiger partial charge on any atom is 0.269 e. The van der Waals surface area contributed by atoms with Crippen LogP contribution < -0.4 is 0 Å². The zero-order valence-corrected chi connectivity index (χ0v) is 14.7. The van der Waals surface area contributed by atoms with Crippen molar-refractivity contribution in [1.82, 2.24) is 9.21 Å². The molecule has 2 aromatic rings. The molecule has 2 aromatic carbocycles. The Kier molecular flexibility index (Phi) is 4.34. The molecule has 7 heteroatoms. The topological polar surface area (TPSA) is 74.8 Å². The lowest BCUT2D eigenvalue weighted by Gasteiger charge is -2.27. The molecule has 0 spiro atoms. The standard InChI is InChI=1S/C18H18N2O4S/c1-13(14-8-4-3-5-9-14)19(2)17(21)12-20-18(22)15-10-6-7-11-16(15)25(20,23)24/h3-11,13H,12H2,1-2H3. The van der Waals surface area contributed by atoms with Gasteiger partial charge in [-0.25, -0.2) is 12.7 Å². The molecule has 0 aromatic heterocycles. The van der Waals surface area contributed by atoms with Gasteiger partial charge in [-0.3, -0.25) is 9.59 Å². The summed E-state index contributed by atoms with van der Waals surface area (Å²) in [5, 5.41) is 0. The van der Waals surface area contributed by atoms with Gasteiger partial charge in [0.2, 0.25) is 5.91 Å². The summed E-state index contributed by atoms with van der Waals surface area (Å²) < 4.78 is 25.7. The molecule has 1 aliphatic heterocycles. The van der Waals surface area contributed by atoms with Gasteiger partial charge >= 0.3 is 0 Å². The number of carbonyl (C=O) groups is 2. The zero-order valence-electron chi connectivity index (χ0n) is 13.9. The van der Waals surface area contributed by atoms with Gasteiger partial charge in [0.15, 0.2) is 0 Å². The van der Waals surface area contributed by atoms with E-state index in [0.29, 0.717) is 4.31 Å². The fourth-order valence-electron chi connectivity index (χ4n) is 2.79. The molecule has 25 heavy (non-hydrogen) atoms. The first-order valence-corrected chi connectivity index (χ1v) is 9.24. The second kappa shape index (κ2) is 6.33. The van der Waals surface area contributed by atoms with Crippen molar-refractivity contribution in [3.05, 3.63) is 65.7 Å². The van der Waals surface area contributed by atoms with Gasteiger partial charge in [0.1, 0.15) is 11.4 Å². The Labute approximate surface area is 146 Å². The Hall–Kier alpha value is -2.67. The molecule has 1 aliphatic rings.